The molecule has 2 rings (SSSR count). The van der Waals surface area contributed by atoms with Gasteiger partial charge in [-0.2, -0.15) is 12.6 Å². The molecule has 0 saturated carbocycles. The van der Waals surface area contributed by atoms with Crippen LogP contribution in [0, 0.1) is 0 Å². The first-order valence-corrected chi connectivity index (χ1v) is 9.73. The highest BCUT2D eigenvalue weighted by atomic mass is 32.1. The zero-order valence-electron chi connectivity index (χ0n) is 16.3. The summed E-state index contributed by atoms with van der Waals surface area (Å²) in [7, 11) is 1.43. The summed E-state index contributed by atoms with van der Waals surface area (Å²) in [5.41, 5.74) is 0.833. The number of methoxy groups -OCH3 is 1. The van der Waals surface area contributed by atoms with E-state index in [1.54, 1.807) is 42.5 Å². The first-order valence-electron chi connectivity index (χ1n) is 9.09. The maximum atomic E-state index is 12.4. The van der Waals surface area contributed by atoms with Crippen molar-refractivity contribution in [3.8, 4) is 5.75 Å². The van der Waals surface area contributed by atoms with Gasteiger partial charge in [0.15, 0.2) is 6.10 Å². The summed E-state index contributed by atoms with van der Waals surface area (Å²) < 4.78 is 15.9. The van der Waals surface area contributed by atoms with Crippen molar-refractivity contribution in [3.05, 3.63) is 65.7 Å². The Labute approximate surface area is 179 Å². The van der Waals surface area contributed by atoms with Gasteiger partial charge < -0.3 is 19.3 Å². The number of imide groups is 1. The number of alkyl carbamates (subject to hydrolysis) is 1. The quantitative estimate of drug-likeness (QED) is 0.412. The minimum Gasteiger partial charge on any atom is -0.508 e. The highest BCUT2D eigenvalue weighted by molar-refractivity contribution is 7.81. The summed E-state index contributed by atoms with van der Waals surface area (Å²) in [4.78, 5) is 35.9. The number of phenols is 1. The van der Waals surface area contributed by atoms with Crippen LogP contribution in [0.3, 0.4) is 0 Å². The van der Waals surface area contributed by atoms with Gasteiger partial charge in [0.1, 0.15) is 11.9 Å². The second-order valence-electron chi connectivity index (χ2n) is 6.18. The summed E-state index contributed by atoms with van der Waals surface area (Å²) >= 11 is 3.84. The summed E-state index contributed by atoms with van der Waals surface area (Å²) in [5.74, 6) is -1.11. The van der Waals surface area contributed by atoms with E-state index in [1.807, 2.05) is 0 Å². The van der Waals surface area contributed by atoms with Crippen LogP contribution in [-0.2, 0) is 19.0 Å². The number of aromatic hydroxyl groups is 1. The smallest absolute Gasteiger partial charge is 0.414 e. The van der Waals surface area contributed by atoms with Crippen molar-refractivity contribution in [3.63, 3.8) is 0 Å². The summed E-state index contributed by atoms with van der Waals surface area (Å²) in [6.07, 6.45) is -2.34. The van der Waals surface area contributed by atoms with Crippen molar-refractivity contribution in [1.82, 2.24) is 5.32 Å². The molecule has 30 heavy (non-hydrogen) atoms. The third kappa shape index (κ3) is 7.09. The summed E-state index contributed by atoms with van der Waals surface area (Å²) in [6, 6.07) is 14.2. The first kappa shape index (κ1) is 23.2. The highest BCUT2D eigenvalue weighted by Gasteiger charge is 2.28. The summed E-state index contributed by atoms with van der Waals surface area (Å²) in [5, 5.41) is 11.7. The van der Waals surface area contributed by atoms with Crippen molar-refractivity contribution in [2.24, 2.45) is 0 Å². The third-order valence-electron chi connectivity index (χ3n) is 4.14. The first-order chi connectivity index (χ1) is 14.4. The second kappa shape index (κ2) is 11.8. The van der Waals surface area contributed by atoms with Crippen LogP contribution in [0.25, 0.3) is 0 Å². The Morgan fingerprint density at radius 3 is 2.33 bits per heavy atom. The fourth-order valence-corrected chi connectivity index (χ4v) is 2.74. The number of carbonyl (C=O) groups excluding carboxylic acids is 3. The van der Waals surface area contributed by atoms with Crippen LogP contribution in [0.5, 0.6) is 5.75 Å². The molecule has 0 unspecified atom stereocenters. The maximum absolute atomic E-state index is 12.4. The number of phenolic OH excluding ortho intramolecular Hbond substituents is 1. The molecule has 0 heterocycles. The van der Waals surface area contributed by atoms with Gasteiger partial charge in [0.25, 0.3) is 5.91 Å². The average molecular weight is 433 g/mol. The lowest BCUT2D eigenvalue weighted by Crippen LogP contribution is -2.35. The Morgan fingerprint density at radius 1 is 1.07 bits per heavy atom. The lowest BCUT2D eigenvalue weighted by Gasteiger charge is -2.26. The molecule has 0 spiro atoms. The van der Waals surface area contributed by atoms with Crippen LogP contribution >= 0.6 is 12.6 Å². The monoisotopic (exact) mass is 433 g/mol. The van der Waals surface area contributed by atoms with Crippen molar-refractivity contribution in [1.29, 1.82) is 0 Å². The van der Waals surface area contributed by atoms with Gasteiger partial charge in [-0.15, -0.1) is 0 Å². The fourth-order valence-electron chi connectivity index (χ4n) is 2.65. The molecule has 0 aliphatic carbocycles. The normalized spacial score (nSPS) is 12.5. The molecule has 0 radical (unpaired) electrons. The van der Waals surface area contributed by atoms with E-state index in [0.29, 0.717) is 11.1 Å². The molecule has 0 saturated heterocycles. The number of carbonyl (C=O) groups is 3. The Kier molecular flexibility index (Phi) is 9.17. The molecule has 9 heteroatoms. The fraction of sp³-hybridized carbons (Fsp3) is 0.286. The molecule has 2 aromatic rings. The molecule has 8 nitrogen and oxygen atoms in total. The van der Waals surface area contributed by atoms with E-state index in [9.17, 15) is 19.5 Å². The minimum absolute atomic E-state index is 0.0282. The molecule has 0 fully saturated rings. The molecular formula is C21H23NO7S. The van der Waals surface area contributed by atoms with E-state index in [0.717, 1.165) is 0 Å². The molecule has 0 aromatic heterocycles. The highest BCUT2D eigenvalue weighted by Crippen LogP contribution is 2.27. The van der Waals surface area contributed by atoms with Gasteiger partial charge >= 0.3 is 12.1 Å². The average Bonchev–Trinajstić information content (AvgIpc) is 2.76. The van der Waals surface area contributed by atoms with Gasteiger partial charge in [0, 0.05) is 19.1 Å². The van der Waals surface area contributed by atoms with E-state index in [1.165, 1.54) is 19.2 Å². The van der Waals surface area contributed by atoms with Crippen LogP contribution < -0.4 is 5.32 Å². The van der Waals surface area contributed by atoms with Gasteiger partial charge in [0.05, 0.1) is 12.4 Å². The number of rotatable bonds is 9. The third-order valence-corrected chi connectivity index (χ3v) is 4.40. The molecule has 160 valence electrons. The van der Waals surface area contributed by atoms with Crippen LogP contribution in [-0.4, -0.2) is 48.6 Å². The Hall–Kier alpha value is -3.04. The Morgan fingerprint density at radius 2 is 1.73 bits per heavy atom. The Bertz CT molecular complexity index is 842. The number of thiol groups is 1. The molecule has 0 bridgehead atoms. The number of hydrogen-bond donors (Lipinski definition) is 3. The number of esters is 1. The predicted molar refractivity (Wildman–Crippen MR) is 111 cm³/mol. The van der Waals surface area contributed by atoms with Gasteiger partial charge in [-0.1, -0.05) is 30.3 Å². The standard InChI is InChI=1S/C21H23NO7S/c1-27-17(11-12-28-18(24)13-30)19(14-7-9-16(23)10-8-14)29-21(26)22-20(25)15-5-3-2-4-6-15/h2-10,17,19,23,30H,11-13H2,1H3,(H,22,25,26)/t17-,19-/m0/s1. The van der Waals surface area contributed by atoms with E-state index in [2.05, 4.69) is 17.9 Å². The van der Waals surface area contributed by atoms with Crippen LogP contribution in [0.15, 0.2) is 54.6 Å². The van der Waals surface area contributed by atoms with Gasteiger partial charge in [-0.3, -0.25) is 14.9 Å². The van der Waals surface area contributed by atoms with E-state index < -0.39 is 30.2 Å². The van der Waals surface area contributed by atoms with Gasteiger partial charge in [0.2, 0.25) is 0 Å². The molecule has 0 aliphatic heterocycles. The van der Waals surface area contributed by atoms with Crippen LogP contribution in [0.2, 0.25) is 0 Å². The van der Waals surface area contributed by atoms with E-state index in [-0.39, 0.29) is 24.5 Å². The summed E-state index contributed by atoms with van der Waals surface area (Å²) in [6.45, 7) is 0.0282. The minimum atomic E-state index is -0.962. The van der Waals surface area contributed by atoms with Crippen molar-refractivity contribution in [2.45, 2.75) is 18.6 Å². The molecule has 2 aromatic carbocycles. The second-order valence-corrected chi connectivity index (χ2v) is 6.50. The zero-order chi connectivity index (χ0) is 21.9. The molecule has 2 N–H and O–H groups in total. The Balaban J connectivity index is 2.11. The number of amides is 2. The number of hydrogen-bond acceptors (Lipinski definition) is 8. The number of benzene rings is 2. The van der Waals surface area contributed by atoms with Crippen molar-refractivity contribution >= 4 is 30.6 Å². The number of ether oxygens (including phenoxy) is 3. The lowest BCUT2D eigenvalue weighted by atomic mass is 10.0. The van der Waals surface area contributed by atoms with Crippen molar-refractivity contribution < 1.29 is 33.7 Å². The van der Waals surface area contributed by atoms with Crippen molar-refractivity contribution in [2.75, 3.05) is 19.5 Å². The zero-order valence-corrected chi connectivity index (χ0v) is 17.2. The van der Waals surface area contributed by atoms with Gasteiger partial charge in [-0.25, -0.2) is 4.79 Å². The SMILES string of the molecule is CO[C@@H](CCOC(=O)CS)[C@@H](OC(=O)NC(=O)c1ccccc1)c1ccc(O)cc1. The molecule has 2 amide bonds. The largest absolute Gasteiger partial charge is 0.508 e. The lowest BCUT2D eigenvalue weighted by molar-refractivity contribution is -0.141. The molecule has 0 aliphatic rings. The number of nitrogens with one attached hydrogen (secondary N) is 1. The maximum Gasteiger partial charge on any atom is 0.414 e. The predicted octanol–water partition coefficient (Wildman–Crippen LogP) is 2.88. The van der Waals surface area contributed by atoms with Crippen LogP contribution in [0.4, 0.5) is 4.79 Å². The van der Waals surface area contributed by atoms with Gasteiger partial charge in [-0.05, 0) is 29.8 Å². The molecule has 2 atom stereocenters. The molecular weight excluding hydrogens is 410 g/mol. The van der Waals surface area contributed by atoms with E-state index in [4.69, 9.17) is 14.2 Å². The van der Waals surface area contributed by atoms with Crippen LogP contribution in [0.1, 0.15) is 28.4 Å². The van der Waals surface area contributed by atoms with E-state index >= 15 is 0 Å². The topological polar surface area (TPSA) is 111 Å².